The molecule has 1 fully saturated rings. The SMILES string of the molecule is CC1CN(c2ccc(C(=O)Nc3ccc(CC(=O)O)c(F)c3)cn2)CC(C)O1. The van der Waals surface area contributed by atoms with E-state index in [1.165, 1.54) is 18.3 Å². The summed E-state index contributed by atoms with van der Waals surface area (Å²) < 4.78 is 19.7. The fraction of sp³-hybridized carbons (Fsp3) is 0.350. The lowest BCUT2D eigenvalue weighted by Crippen LogP contribution is -2.45. The van der Waals surface area contributed by atoms with Gasteiger partial charge in [0.2, 0.25) is 0 Å². The molecular weight excluding hydrogens is 365 g/mol. The van der Waals surface area contributed by atoms with Crippen molar-refractivity contribution in [2.75, 3.05) is 23.3 Å². The molecule has 1 aliphatic heterocycles. The molecule has 3 rings (SSSR count). The number of carbonyl (C=O) groups excluding carboxylic acids is 1. The summed E-state index contributed by atoms with van der Waals surface area (Å²) in [5.41, 5.74) is 0.648. The molecule has 1 aromatic carbocycles. The first-order chi connectivity index (χ1) is 13.3. The normalized spacial score (nSPS) is 19.3. The van der Waals surface area contributed by atoms with Crippen LogP contribution >= 0.6 is 0 Å². The van der Waals surface area contributed by atoms with Crippen LogP contribution in [-0.4, -0.2) is 47.3 Å². The Morgan fingerprint density at radius 2 is 1.96 bits per heavy atom. The number of amides is 1. The molecule has 0 saturated carbocycles. The monoisotopic (exact) mass is 387 g/mol. The number of ether oxygens (including phenoxy) is 1. The van der Waals surface area contributed by atoms with Gasteiger partial charge in [0, 0.05) is 25.0 Å². The number of nitrogens with one attached hydrogen (secondary N) is 1. The highest BCUT2D eigenvalue weighted by molar-refractivity contribution is 6.04. The lowest BCUT2D eigenvalue weighted by Gasteiger charge is -2.36. The number of carboxylic acids is 1. The number of aliphatic carboxylic acids is 1. The van der Waals surface area contributed by atoms with Crippen LogP contribution in [0, 0.1) is 5.82 Å². The van der Waals surface area contributed by atoms with Gasteiger partial charge >= 0.3 is 5.97 Å². The Labute approximate surface area is 162 Å². The molecule has 2 aromatic rings. The van der Waals surface area contributed by atoms with Crippen LogP contribution in [-0.2, 0) is 16.0 Å². The van der Waals surface area contributed by atoms with Crippen molar-refractivity contribution in [3.63, 3.8) is 0 Å². The van der Waals surface area contributed by atoms with Crippen molar-refractivity contribution in [3.05, 3.63) is 53.5 Å². The van der Waals surface area contributed by atoms with Crippen molar-refractivity contribution in [3.8, 4) is 0 Å². The largest absolute Gasteiger partial charge is 0.481 e. The quantitative estimate of drug-likeness (QED) is 0.820. The Morgan fingerprint density at radius 1 is 1.25 bits per heavy atom. The van der Waals surface area contributed by atoms with Crippen molar-refractivity contribution in [2.24, 2.45) is 0 Å². The molecule has 1 aromatic heterocycles. The average molecular weight is 387 g/mol. The van der Waals surface area contributed by atoms with Crippen LogP contribution in [0.4, 0.5) is 15.9 Å². The molecule has 2 unspecified atom stereocenters. The van der Waals surface area contributed by atoms with Crippen molar-refractivity contribution in [2.45, 2.75) is 32.5 Å². The number of nitrogens with zero attached hydrogens (tertiary/aromatic N) is 2. The number of anilines is 2. The predicted octanol–water partition coefficient (Wildman–Crippen LogP) is 2.71. The molecule has 1 saturated heterocycles. The van der Waals surface area contributed by atoms with E-state index in [4.69, 9.17) is 9.84 Å². The summed E-state index contributed by atoms with van der Waals surface area (Å²) in [4.78, 5) is 29.5. The standard InChI is InChI=1S/C20H22FN3O4/c1-12-10-24(11-13(2)28-12)18-6-4-15(9-22-18)20(27)23-16-5-3-14(7-19(25)26)17(21)8-16/h3-6,8-9,12-13H,7,10-11H2,1-2H3,(H,23,27)(H,25,26). The van der Waals surface area contributed by atoms with Crippen molar-refractivity contribution < 1.29 is 23.8 Å². The minimum absolute atomic E-state index is 0.0606. The van der Waals surface area contributed by atoms with E-state index in [1.54, 1.807) is 12.1 Å². The van der Waals surface area contributed by atoms with Gasteiger partial charge in [-0.25, -0.2) is 9.37 Å². The Hall–Kier alpha value is -3.00. The first-order valence-corrected chi connectivity index (χ1v) is 9.00. The lowest BCUT2D eigenvalue weighted by molar-refractivity contribution is -0.136. The minimum Gasteiger partial charge on any atom is -0.481 e. The van der Waals surface area contributed by atoms with E-state index in [2.05, 4.69) is 15.2 Å². The number of benzene rings is 1. The third kappa shape index (κ3) is 4.83. The zero-order chi connectivity index (χ0) is 20.3. The van der Waals surface area contributed by atoms with Crippen molar-refractivity contribution >= 4 is 23.4 Å². The van der Waals surface area contributed by atoms with Crippen LogP contribution < -0.4 is 10.2 Å². The summed E-state index contributed by atoms with van der Waals surface area (Å²) in [5, 5.41) is 11.3. The summed E-state index contributed by atoms with van der Waals surface area (Å²) in [6, 6.07) is 7.36. The molecule has 1 amide bonds. The zero-order valence-electron chi connectivity index (χ0n) is 15.7. The number of carboxylic acid groups (broad SMARTS) is 1. The molecular formula is C20H22FN3O4. The van der Waals surface area contributed by atoms with E-state index in [-0.39, 0.29) is 23.5 Å². The molecule has 0 radical (unpaired) electrons. The minimum atomic E-state index is -1.12. The number of pyridine rings is 1. The lowest BCUT2D eigenvalue weighted by atomic mass is 10.1. The maximum atomic E-state index is 13.9. The molecule has 2 atom stereocenters. The number of aromatic nitrogens is 1. The van der Waals surface area contributed by atoms with Gasteiger partial charge in [0.25, 0.3) is 5.91 Å². The van der Waals surface area contributed by atoms with E-state index < -0.39 is 24.1 Å². The molecule has 0 bridgehead atoms. The molecule has 28 heavy (non-hydrogen) atoms. The van der Waals surface area contributed by atoms with Crippen LogP contribution in [0.2, 0.25) is 0 Å². The van der Waals surface area contributed by atoms with Crippen LogP contribution in [0.15, 0.2) is 36.5 Å². The number of halogens is 1. The molecule has 7 nitrogen and oxygen atoms in total. The maximum Gasteiger partial charge on any atom is 0.307 e. The van der Waals surface area contributed by atoms with Gasteiger partial charge in [0.15, 0.2) is 0 Å². The van der Waals surface area contributed by atoms with E-state index in [1.807, 2.05) is 13.8 Å². The summed E-state index contributed by atoms with van der Waals surface area (Å²) in [7, 11) is 0. The second-order valence-electron chi connectivity index (χ2n) is 6.90. The first-order valence-electron chi connectivity index (χ1n) is 9.00. The van der Waals surface area contributed by atoms with Gasteiger partial charge < -0.3 is 20.1 Å². The smallest absolute Gasteiger partial charge is 0.307 e. The van der Waals surface area contributed by atoms with Gasteiger partial charge in [0.1, 0.15) is 11.6 Å². The van der Waals surface area contributed by atoms with Gasteiger partial charge in [0.05, 0.1) is 24.2 Å². The van der Waals surface area contributed by atoms with Crippen LogP contribution in [0.5, 0.6) is 0 Å². The molecule has 8 heteroatoms. The molecule has 1 aliphatic rings. The Bertz CT molecular complexity index is 862. The second-order valence-corrected chi connectivity index (χ2v) is 6.90. The fourth-order valence-corrected chi connectivity index (χ4v) is 3.21. The molecule has 2 heterocycles. The number of carbonyl (C=O) groups is 2. The molecule has 2 N–H and O–H groups in total. The molecule has 0 aliphatic carbocycles. The number of morpholine rings is 1. The highest BCUT2D eigenvalue weighted by atomic mass is 19.1. The van der Waals surface area contributed by atoms with E-state index in [0.29, 0.717) is 5.56 Å². The highest BCUT2D eigenvalue weighted by Crippen LogP contribution is 2.20. The van der Waals surface area contributed by atoms with Gasteiger partial charge in [-0.3, -0.25) is 9.59 Å². The topological polar surface area (TPSA) is 91.8 Å². The Kier molecular flexibility index (Phi) is 5.89. The molecule has 148 valence electrons. The summed E-state index contributed by atoms with van der Waals surface area (Å²) in [6.07, 6.45) is 1.27. The second kappa shape index (κ2) is 8.35. The van der Waals surface area contributed by atoms with Gasteiger partial charge in [-0.1, -0.05) is 6.07 Å². The third-order valence-electron chi connectivity index (χ3n) is 4.41. The predicted molar refractivity (Wildman–Crippen MR) is 102 cm³/mol. The van der Waals surface area contributed by atoms with Crippen molar-refractivity contribution in [1.82, 2.24) is 4.98 Å². The maximum absolute atomic E-state index is 13.9. The van der Waals surface area contributed by atoms with Crippen LogP contribution in [0.3, 0.4) is 0 Å². The Balaban J connectivity index is 1.66. The van der Waals surface area contributed by atoms with E-state index >= 15 is 0 Å². The number of hydrogen-bond donors (Lipinski definition) is 2. The average Bonchev–Trinajstić information content (AvgIpc) is 2.63. The summed E-state index contributed by atoms with van der Waals surface area (Å²) in [5.74, 6) is -1.45. The zero-order valence-corrected chi connectivity index (χ0v) is 15.7. The Morgan fingerprint density at radius 3 is 2.54 bits per heavy atom. The number of hydrogen-bond acceptors (Lipinski definition) is 5. The molecule has 0 spiro atoms. The first kappa shape index (κ1) is 19.8. The van der Waals surface area contributed by atoms with Gasteiger partial charge in [-0.15, -0.1) is 0 Å². The van der Waals surface area contributed by atoms with E-state index in [0.717, 1.165) is 25.0 Å². The van der Waals surface area contributed by atoms with Gasteiger partial charge in [-0.05, 0) is 43.7 Å². The fourth-order valence-electron chi connectivity index (χ4n) is 3.21. The van der Waals surface area contributed by atoms with Crippen LogP contribution in [0.1, 0.15) is 29.8 Å². The van der Waals surface area contributed by atoms with Crippen LogP contribution in [0.25, 0.3) is 0 Å². The highest BCUT2D eigenvalue weighted by Gasteiger charge is 2.23. The summed E-state index contributed by atoms with van der Waals surface area (Å²) >= 11 is 0. The number of rotatable bonds is 5. The summed E-state index contributed by atoms with van der Waals surface area (Å²) in [6.45, 7) is 5.46. The van der Waals surface area contributed by atoms with Crippen molar-refractivity contribution in [1.29, 1.82) is 0 Å². The third-order valence-corrected chi connectivity index (χ3v) is 4.41. The van der Waals surface area contributed by atoms with E-state index in [9.17, 15) is 14.0 Å². The van der Waals surface area contributed by atoms with Gasteiger partial charge in [-0.2, -0.15) is 0 Å².